The van der Waals surface area contributed by atoms with Gasteiger partial charge in [-0.05, 0) is 45.4 Å². The first-order chi connectivity index (χ1) is 13.2. The van der Waals surface area contributed by atoms with Gasteiger partial charge >= 0.3 is 0 Å². The molecule has 0 bridgehead atoms. The lowest BCUT2D eigenvalue weighted by molar-refractivity contribution is -0.545. The number of nitrogens with zero attached hydrogens (tertiary/aromatic N) is 1. The molecule has 6 atom stereocenters. The van der Waals surface area contributed by atoms with Crippen LogP contribution in [0.4, 0.5) is 0 Å². The van der Waals surface area contributed by atoms with Crippen LogP contribution in [0.2, 0.25) is 0 Å². The van der Waals surface area contributed by atoms with Crippen molar-refractivity contribution >= 4 is 0 Å². The van der Waals surface area contributed by atoms with E-state index in [2.05, 4.69) is 0 Å². The topological polar surface area (TPSA) is 98.5 Å². The number of nitro groups is 1. The van der Waals surface area contributed by atoms with E-state index in [1.807, 2.05) is 6.07 Å². The minimum absolute atomic E-state index is 0.136. The maximum absolute atomic E-state index is 12.2. The molecule has 5 rings (SSSR count). The second-order valence-electron chi connectivity index (χ2n) is 8.54. The second-order valence-corrected chi connectivity index (χ2v) is 8.54. The highest BCUT2D eigenvalue weighted by molar-refractivity contribution is 5.46. The maximum atomic E-state index is 12.2. The summed E-state index contributed by atoms with van der Waals surface area (Å²) in [6.45, 7) is 7.26. The Kier molecular flexibility index (Phi) is 3.74. The molecular formula is C19H23NO8. The Morgan fingerprint density at radius 2 is 1.46 bits per heavy atom. The molecule has 9 heteroatoms. The minimum Gasteiger partial charge on any atom is -0.454 e. The molecule has 1 aromatic carbocycles. The molecule has 0 unspecified atom stereocenters. The van der Waals surface area contributed by atoms with Gasteiger partial charge in [0, 0.05) is 4.92 Å². The third-order valence-corrected chi connectivity index (χ3v) is 5.73. The standard InChI is InChI=1S/C19H23NO8/c1-18(2)25-14-12(9-5-6-10-11(7-9)24-8-23-10)13(20(21)22)15-17(16(14)27-18)28-19(3,4)26-15/h5-7,12-17H,8H2,1-4H3/t12-,13-,14-,15-,16-,17+/m1/s1. The summed E-state index contributed by atoms with van der Waals surface area (Å²) >= 11 is 0. The van der Waals surface area contributed by atoms with Gasteiger partial charge in [-0.1, -0.05) is 6.07 Å². The summed E-state index contributed by atoms with van der Waals surface area (Å²) in [6.07, 6.45) is -2.36. The summed E-state index contributed by atoms with van der Waals surface area (Å²) in [5.74, 6) is -1.21. The quantitative estimate of drug-likeness (QED) is 0.557. The molecule has 0 spiro atoms. The monoisotopic (exact) mass is 393 g/mol. The molecule has 3 heterocycles. The van der Waals surface area contributed by atoms with Gasteiger partial charge in [0.2, 0.25) is 6.79 Å². The Morgan fingerprint density at radius 3 is 2.14 bits per heavy atom. The summed E-state index contributed by atoms with van der Waals surface area (Å²) in [6, 6.07) is 4.33. The lowest BCUT2D eigenvalue weighted by Crippen LogP contribution is -2.60. The molecule has 2 saturated heterocycles. The van der Waals surface area contributed by atoms with Crippen LogP contribution in [0.5, 0.6) is 11.5 Å². The molecule has 1 aliphatic carbocycles. The van der Waals surface area contributed by atoms with E-state index in [-0.39, 0.29) is 11.7 Å². The number of benzene rings is 1. The van der Waals surface area contributed by atoms with Crippen molar-refractivity contribution in [2.75, 3.05) is 6.79 Å². The van der Waals surface area contributed by atoms with Gasteiger partial charge < -0.3 is 28.4 Å². The largest absolute Gasteiger partial charge is 0.454 e. The Hall–Kier alpha value is -1.94. The van der Waals surface area contributed by atoms with Crippen molar-refractivity contribution < 1.29 is 33.3 Å². The van der Waals surface area contributed by atoms with Gasteiger partial charge in [-0.15, -0.1) is 0 Å². The molecule has 1 saturated carbocycles. The van der Waals surface area contributed by atoms with E-state index in [9.17, 15) is 10.1 Å². The van der Waals surface area contributed by atoms with Crippen molar-refractivity contribution in [1.82, 2.24) is 0 Å². The van der Waals surface area contributed by atoms with Crippen LogP contribution in [-0.2, 0) is 18.9 Å². The fourth-order valence-electron chi connectivity index (χ4n) is 4.84. The van der Waals surface area contributed by atoms with E-state index in [1.54, 1.807) is 39.8 Å². The summed E-state index contributed by atoms with van der Waals surface area (Å²) in [5, 5.41) is 12.2. The molecule has 152 valence electrons. The molecule has 0 amide bonds. The molecule has 3 fully saturated rings. The number of fused-ring (bicyclic) bond motifs is 4. The van der Waals surface area contributed by atoms with Crippen molar-refractivity contribution in [2.45, 2.75) is 75.6 Å². The van der Waals surface area contributed by atoms with Crippen LogP contribution >= 0.6 is 0 Å². The second kappa shape index (κ2) is 5.79. The lowest BCUT2D eigenvalue weighted by Gasteiger charge is -2.39. The highest BCUT2D eigenvalue weighted by Gasteiger charge is 2.67. The van der Waals surface area contributed by atoms with Crippen molar-refractivity contribution in [3.05, 3.63) is 33.9 Å². The van der Waals surface area contributed by atoms with Crippen molar-refractivity contribution in [3.8, 4) is 11.5 Å². The molecule has 28 heavy (non-hydrogen) atoms. The molecule has 0 radical (unpaired) electrons. The SMILES string of the molecule is CC1(C)O[C@H]2[C@H]3OC(C)(C)O[C@@H]3[C@H]([N+](=O)[O-])[C@@H](c3ccc4c(c3)OCO4)[C@H]2O1. The van der Waals surface area contributed by atoms with Gasteiger partial charge in [0.25, 0.3) is 6.04 Å². The first-order valence-corrected chi connectivity index (χ1v) is 9.39. The van der Waals surface area contributed by atoms with Crippen molar-refractivity contribution in [2.24, 2.45) is 0 Å². The first-order valence-electron chi connectivity index (χ1n) is 9.39. The van der Waals surface area contributed by atoms with Crippen LogP contribution in [0.25, 0.3) is 0 Å². The van der Waals surface area contributed by atoms with E-state index < -0.39 is 47.9 Å². The number of ether oxygens (including phenoxy) is 6. The predicted octanol–water partition coefficient (Wildman–Crippen LogP) is 2.20. The maximum Gasteiger partial charge on any atom is 0.251 e. The predicted molar refractivity (Wildman–Crippen MR) is 93.7 cm³/mol. The summed E-state index contributed by atoms with van der Waals surface area (Å²) in [7, 11) is 0. The third-order valence-electron chi connectivity index (χ3n) is 5.73. The van der Waals surface area contributed by atoms with E-state index in [0.717, 1.165) is 5.56 Å². The number of rotatable bonds is 2. The third kappa shape index (κ3) is 2.68. The normalized spacial score (nSPS) is 39.4. The fourth-order valence-corrected chi connectivity index (χ4v) is 4.84. The Balaban J connectivity index is 1.62. The van der Waals surface area contributed by atoms with E-state index in [4.69, 9.17) is 28.4 Å². The zero-order chi connectivity index (χ0) is 19.8. The average Bonchev–Trinajstić information content (AvgIpc) is 3.25. The Bertz CT molecular complexity index is 824. The minimum atomic E-state index is -1.05. The molecule has 3 aliphatic heterocycles. The van der Waals surface area contributed by atoms with E-state index >= 15 is 0 Å². The van der Waals surface area contributed by atoms with Crippen molar-refractivity contribution in [3.63, 3.8) is 0 Å². The highest BCUT2D eigenvalue weighted by atomic mass is 16.8. The van der Waals surface area contributed by atoms with Gasteiger partial charge in [0.1, 0.15) is 18.3 Å². The van der Waals surface area contributed by atoms with Gasteiger partial charge in [-0.25, -0.2) is 0 Å². The Morgan fingerprint density at radius 1 is 0.893 bits per heavy atom. The van der Waals surface area contributed by atoms with Crippen LogP contribution < -0.4 is 9.47 Å². The number of hydrogen-bond acceptors (Lipinski definition) is 8. The van der Waals surface area contributed by atoms with E-state index in [0.29, 0.717) is 11.5 Å². The summed E-state index contributed by atoms with van der Waals surface area (Å²) in [5.41, 5.74) is 0.731. The van der Waals surface area contributed by atoms with Crippen LogP contribution in [0.1, 0.15) is 39.2 Å². The molecule has 0 N–H and O–H groups in total. The number of hydrogen-bond donors (Lipinski definition) is 0. The first kappa shape index (κ1) is 18.1. The lowest BCUT2D eigenvalue weighted by atomic mass is 9.73. The van der Waals surface area contributed by atoms with Crippen molar-refractivity contribution in [1.29, 1.82) is 0 Å². The molecule has 0 aromatic heterocycles. The summed E-state index contributed by atoms with van der Waals surface area (Å²) in [4.78, 5) is 11.9. The van der Waals surface area contributed by atoms with Crippen LogP contribution in [0.15, 0.2) is 18.2 Å². The zero-order valence-corrected chi connectivity index (χ0v) is 16.1. The van der Waals surface area contributed by atoms with Gasteiger partial charge in [-0.3, -0.25) is 10.1 Å². The fraction of sp³-hybridized carbons (Fsp3) is 0.684. The molecular weight excluding hydrogens is 370 g/mol. The van der Waals surface area contributed by atoms with Crippen LogP contribution in [-0.4, -0.2) is 53.7 Å². The zero-order valence-electron chi connectivity index (χ0n) is 16.1. The smallest absolute Gasteiger partial charge is 0.251 e. The van der Waals surface area contributed by atoms with Crippen LogP contribution in [0.3, 0.4) is 0 Å². The molecule has 4 aliphatic rings. The summed E-state index contributed by atoms with van der Waals surface area (Å²) < 4.78 is 35.2. The van der Waals surface area contributed by atoms with Gasteiger partial charge in [-0.2, -0.15) is 0 Å². The van der Waals surface area contributed by atoms with Crippen LogP contribution in [0, 0.1) is 10.1 Å². The average molecular weight is 393 g/mol. The molecule has 1 aromatic rings. The van der Waals surface area contributed by atoms with Gasteiger partial charge in [0.15, 0.2) is 29.2 Å². The Labute approximate surface area is 161 Å². The van der Waals surface area contributed by atoms with Gasteiger partial charge in [0.05, 0.1) is 5.92 Å². The molecule has 9 nitrogen and oxygen atoms in total. The highest BCUT2D eigenvalue weighted by Crippen LogP contribution is 2.51. The van der Waals surface area contributed by atoms with E-state index in [1.165, 1.54) is 0 Å².